The average Bonchev–Trinajstić information content (AvgIpc) is 3.11. The number of anilines is 2. The highest BCUT2D eigenvalue weighted by atomic mass is 19.1. The van der Waals surface area contributed by atoms with E-state index in [1.54, 1.807) is 13.0 Å². The van der Waals surface area contributed by atoms with E-state index >= 15 is 0 Å². The quantitative estimate of drug-likeness (QED) is 0.521. The lowest BCUT2D eigenvalue weighted by molar-refractivity contribution is 0.102. The van der Waals surface area contributed by atoms with Crippen LogP contribution in [0.15, 0.2) is 41.3 Å². The summed E-state index contributed by atoms with van der Waals surface area (Å²) in [5.74, 6) is 0.332. The van der Waals surface area contributed by atoms with Crippen LogP contribution in [-0.2, 0) is 0 Å². The van der Waals surface area contributed by atoms with E-state index in [-0.39, 0.29) is 17.2 Å². The number of nitrogens with one attached hydrogen (secondary N) is 2. The van der Waals surface area contributed by atoms with Gasteiger partial charge in [-0.15, -0.1) is 5.10 Å². The Morgan fingerprint density at radius 1 is 1.27 bits per heavy atom. The van der Waals surface area contributed by atoms with Crippen molar-refractivity contribution in [2.45, 2.75) is 32.2 Å². The van der Waals surface area contributed by atoms with Gasteiger partial charge >= 0.3 is 0 Å². The number of aryl methyl sites for hydroxylation is 1. The van der Waals surface area contributed by atoms with Crippen LogP contribution in [0, 0.1) is 12.7 Å². The van der Waals surface area contributed by atoms with Crippen molar-refractivity contribution < 1.29 is 13.6 Å². The third kappa shape index (κ3) is 3.15. The molecule has 0 unspecified atom stereocenters. The molecule has 1 aliphatic rings. The first-order valence-corrected chi connectivity index (χ1v) is 9.44. The zero-order valence-corrected chi connectivity index (χ0v) is 16.3. The molecule has 1 fully saturated rings. The van der Waals surface area contributed by atoms with Crippen molar-refractivity contribution in [1.29, 1.82) is 0 Å². The van der Waals surface area contributed by atoms with Gasteiger partial charge in [-0.2, -0.15) is 0 Å². The molecule has 0 bridgehead atoms. The molecule has 0 atom stereocenters. The maximum Gasteiger partial charge on any atom is 0.261 e. The molecule has 2 N–H and O–H groups in total. The summed E-state index contributed by atoms with van der Waals surface area (Å²) in [6, 6.07) is 4.34. The van der Waals surface area contributed by atoms with E-state index in [4.69, 9.17) is 4.42 Å². The lowest BCUT2D eigenvalue weighted by atomic mass is 10.1. The normalized spacial score (nSPS) is 14.6. The van der Waals surface area contributed by atoms with Gasteiger partial charge in [-0.3, -0.25) is 4.79 Å². The van der Waals surface area contributed by atoms with Crippen LogP contribution < -0.4 is 10.6 Å². The van der Waals surface area contributed by atoms with Gasteiger partial charge in [0.2, 0.25) is 5.71 Å². The second kappa shape index (κ2) is 6.61. The highest BCUT2D eigenvalue weighted by molar-refractivity contribution is 6.15. The molecule has 0 aliphatic heterocycles. The first-order chi connectivity index (χ1) is 14.4. The molecule has 0 aromatic carbocycles. The molecule has 10 heteroatoms. The number of furan rings is 1. The summed E-state index contributed by atoms with van der Waals surface area (Å²) in [5, 5.41) is 10.8. The van der Waals surface area contributed by atoms with Gasteiger partial charge < -0.3 is 15.1 Å². The standard InChI is InChI=1S/C20H18FN7O2/c1-11-14(15-16(26-20(2)6-7-20)23-10-24-19(15)30-11)18(29)25-13-5-9-28(27-13)17-12(21)4-3-8-22-17/h3-5,8-10H,6-7H2,1-2H3,(H,23,24,26)(H,25,27,29). The Kier molecular flexibility index (Phi) is 4.02. The van der Waals surface area contributed by atoms with E-state index in [9.17, 15) is 9.18 Å². The summed E-state index contributed by atoms with van der Waals surface area (Å²) in [4.78, 5) is 25.5. The zero-order valence-electron chi connectivity index (χ0n) is 16.3. The summed E-state index contributed by atoms with van der Waals surface area (Å²) >= 11 is 0. The number of hydrogen-bond acceptors (Lipinski definition) is 7. The van der Waals surface area contributed by atoms with Crippen LogP contribution in [-0.4, -0.2) is 36.2 Å². The highest BCUT2D eigenvalue weighted by Gasteiger charge is 2.38. The van der Waals surface area contributed by atoms with Gasteiger partial charge in [-0.25, -0.2) is 24.0 Å². The lowest BCUT2D eigenvalue weighted by Gasteiger charge is -2.13. The SMILES string of the molecule is Cc1oc2ncnc(NC3(C)CC3)c2c1C(=O)Nc1ccn(-c2ncccc2F)n1. The molecular weight excluding hydrogens is 389 g/mol. The van der Waals surface area contributed by atoms with Crippen molar-refractivity contribution in [3.63, 3.8) is 0 Å². The zero-order chi connectivity index (χ0) is 20.9. The Labute approximate surface area is 170 Å². The third-order valence-corrected chi connectivity index (χ3v) is 5.10. The smallest absolute Gasteiger partial charge is 0.261 e. The first kappa shape index (κ1) is 18.2. The molecule has 152 valence electrons. The number of halogens is 1. The van der Waals surface area contributed by atoms with E-state index in [2.05, 4.69) is 37.6 Å². The fourth-order valence-corrected chi connectivity index (χ4v) is 3.24. The maximum atomic E-state index is 13.9. The second-order valence-electron chi connectivity index (χ2n) is 7.53. The molecule has 5 rings (SSSR count). The minimum atomic E-state index is -0.517. The fraction of sp³-hybridized carbons (Fsp3) is 0.250. The van der Waals surface area contributed by atoms with Crippen molar-refractivity contribution >= 4 is 28.6 Å². The van der Waals surface area contributed by atoms with Crippen LogP contribution in [0.4, 0.5) is 16.0 Å². The molecule has 1 saturated carbocycles. The molecule has 9 nitrogen and oxygen atoms in total. The van der Waals surface area contributed by atoms with Gasteiger partial charge in [0.05, 0.1) is 10.9 Å². The molecule has 4 aromatic rings. The van der Waals surface area contributed by atoms with Gasteiger partial charge in [-0.05, 0) is 38.8 Å². The number of amides is 1. The van der Waals surface area contributed by atoms with Gasteiger partial charge in [0, 0.05) is 24.0 Å². The lowest BCUT2D eigenvalue weighted by Crippen LogP contribution is -2.18. The predicted octanol–water partition coefficient (Wildman–Crippen LogP) is 3.47. The average molecular weight is 407 g/mol. The Balaban J connectivity index is 1.47. The van der Waals surface area contributed by atoms with Gasteiger partial charge in [-0.1, -0.05) is 0 Å². The van der Waals surface area contributed by atoms with Crippen LogP contribution >= 0.6 is 0 Å². The number of carbonyl (C=O) groups is 1. The van der Waals surface area contributed by atoms with E-state index in [0.29, 0.717) is 28.2 Å². The summed E-state index contributed by atoms with van der Waals surface area (Å²) in [6.45, 7) is 3.79. The van der Waals surface area contributed by atoms with Crippen LogP contribution in [0.1, 0.15) is 35.9 Å². The number of carbonyl (C=O) groups excluding carboxylic acids is 1. The van der Waals surface area contributed by atoms with Crippen LogP contribution in [0.2, 0.25) is 0 Å². The number of fused-ring (bicyclic) bond motifs is 1. The van der Waals surface area contributed by atoms with Crippen LogP contribution in [0.5, 0.6) is 0 Å². The van der Waals surface area contributed by atoms with E-state index < -0.39 is 11.7 Å². The topological polar surface area (TPSA) is 111 Å². The molecule has 0 radical (unpaired) electrons. The molecular formula is C20H18FN7O2. The molecule has 0 saturated heterocycles. The largest absolute Gasteiger partial charge is 0.442 e. The summed E-state index contributed by atoms with van der Waals surface area (Å²) in [6.07, 6.45) is 6.44. The Bertz CT molecular complexity index is 1280. The maximum absolute atomic E-state index is 13.9. The Morgan fingerprint density at radius 2 is 2.10 bits per heavy atom. The van der Waals surface area contributed by atoms with Crippen molar-refractivity contribution in [3.05, 3.63) is 54.1 Å². The van der Waals surface area contributed by atoms with Gasteiger partial charge in [0.15, 0.2) is 17.5 Å². The van der Waals surface area contributed by atoms with Crippen molar-refractivity contribution in [2.24, 2.45) is 0 Å². The summed E-state index contributed by atoms with van der Waals surface area (Å²) < 4.78 is 20.9. The molecule has 0 spiro atoms. The minimum Gasteiger partial charge on any atom is -0.442 e. The summed E-state index contributed by atoms with van der Waals surface area (Å²) in [7, 11) is 0. The summed E-state index contributed by atoms with van der Waals surface area (Å²) in [5.41, 5.74) is 0.627. The number of pyridine rings is 1. The van der Waals surface area contributed by atoms with E-state index in [1.807, 2.05) is 0 Å². The van der Waals surface area contributed by atoms with E-state index in [1.165, 1.54) is 35.5 Å². The second-order valence-corrected chi connectivity index (χ2v) is 7.53. The van der Waals surface area contributed by atoms with Gasteiger partial charge in [0.25, 0.3) is 5.91 Å². The minimum absolute atomic E-state index is 0.0360. The number of aromatic nitrogens is 5. The molecule has 1 aliphatic carbocycles. The Hall–Kier alpha value is -3.82. The Morgan fingerprint density at radius 3 is 2.87 bits per heavy atom. The molecule has 4 heterocycles. The van der Waals surface area contributed by atoms with Crippen LogP contribution in [0.25, 0.3) is 16.9 Å². The third-order valence-electron chi connectivity index (χ3n) is 5.10. The predicted molar refractivity (Wildman–Crippen MR) is 107 cm³/mol. The fourth-order valence-electron chi connectivity index (χ4n) is 3.24. The van der Waals surface area contributed by atoms with Gasteiger partial charge in [0.1, 0.15) is 17.9 Å². The molecule has 30 heavy (non-hydrogen) atoms. The first-order valence-electron chi connectivity index (χ1n) is 9.44. The number of rotatable bonds is 5. The van der Waals surface area contributed by atoms with Crippen molar-refractivity contribution in [2.75, 3.05) is 10.6 Å². The van der Waals surface area contributed by atoms with Crippen LogP contribution in [0.3, 0.4) is 0 Å². The number of hydrogen-bond donors (Lipinski definition) is 2. The van der Waals surface area contributed by atoms with Crippen molar-refractivity contribution in [1.82, 2.24) is 24.7 Å². The highest BCUT2D eigenvalue weighted by Crippen LogP contribution is 2.40. The molecule has 4 aromatic heterocycles. The molecule has 1 amide bonds. The van der Waals surface area contributed by atoms with E-state index in [0.717, 1.165) is 12.8 Å². The number of nitrogens with zero attached hydrogens (tertiary/aromatic N) is 5. The monoisotopic (exact) mass is 407 g/mol. The van der Waals surface area contributed by atoms with Crippen molar-refractivity contribution in [3.8, 4) is 5.82 Å².